The number of hydrogen-bond acceptors (Lipinski definition) is 7. The van der Waals surface area contributed by atoms with E-state index in [0.29, 0.717) is 17.4 Å². The molecule has 2 unspecified atom stereocenters. The second kappa shape index (κ2) is 10.1. The van der Waals surface area contributed by atoms with E-state index in [1.807, 2.05) is 19.1 Å². The highest BCUT2D eigenvalue weighted by Gasteiger charge is 2.26. The lowest BCUT2D eigenvalue weighted by Crippen LogP contribution is -2.30. The first-order valence-corrected chi connectivity index (χ1v) is 13.5. The molecule has 7 nitrogen and oxygen atoms in total. The van der Waals surface area contributed by atoms with Gasteiger partial charge in [-0.05, 0) is 75.3 Å². The van der Waals surface area contributed by atoms with Gasteiger partial charge in [0.15, 0.2) is 5.16 Å². The van der Waals surface area contributed by atoms with Gasteiger partial charge in [-0.2, -0.15) is 0 Å². The molecule has 1 aliphatic carbocycles. The van der Waals surface area contributed by atoms with Crippen LogP contribution in [-0.4, -0.2) is 40.5 Å². The van der Waals surface area contributed by atoms with Gasteiger partial charge in [0.25, 0.3) is 5.56 Å². The number of aryl methyl sites for hydroxylation is 2. The number of aromatic nitrogens is 2. The number of carbonyl (C=O) groups excluding carboxylic acids is 1. The Kier molecular flexibility index (Phi) is 6.94. The number of methoxy groups -OCH3 is 1. The summed E-state index contributed by atoms with van der Waals surface area (Å²) in [5.41, 5.74) is 1.89. The summed E-state index contributed by atoms with van der Waals surface area (Å²) < 4.78 is 12.8. The number of carbonyl (C=O) groups is 1. The van der Waals surface area contributed by atoms with Gasteiger partial charge in [0.1, 0.15) is 10.6 Å². The molecule has 3 heterocycles. The number of rotatable bonds is 7. The predicted octanol–water partition coefficient (Wildman–Crippen LogP) is 4.64. The van der Waals surface area contributed by atoms with Crippen LogP contribution in [0, 0.1) is 0 Å². The van der Waals surface area contributed by atoms with Gasteiger partial charge in [-0.1, -0.05) is 11.8 Å². The Bertz CT molecular complexity index is 1250. The normalized spacial score (nSPS) is 18.6. The zero-order valence-corrected chi connectivity index (χ0v) is 21.1. The van der Waals surface area contributed by atoms with Crippen LogP contribution in [0.15, 0.2) is 34.2 Å². The lowest BCUT2D eigenvalue weighted by atomic mass is 9.97. The largest absolute Gasteiger partial charge is 0.497 e. The number of nitrogens with zero attached hydrogens (tertiary/aromatic N) is 2. The molecule has 1 amide bonds. The van der Waals surface area contributed by atoms with Crippen LogP contribution in [0.25, 0.3) is 10.2 Å². The Balaban J connectivity index is 1.44. The van der Waals surface area contributed by atoms with E-state index < -0.39 is 5.25 Å². The highest BCUT2D eigenvalue weighted by atomic mass is 32.2. The maximum absolute atomic E-state index is 13.7. The van der Waals surface area contributed by atoms with Crippen molar-refractivity contribution in [1.82, 2.24) is 9.55 Å². The molecule has 1 saturated heterocycles. The Morgan fingerprint density at radius 3 is 2.82 bits per heavy atom. The maximum Gasteiger partial charge on any atom is 0.263 e. The lowest BCUT2D eigenvalue weighted by molar-refractivity contribution is -0.115. The second-order valence-electron chi connectivity index (χ2n) is 8.81. The van der Waals surface area contributed by atoms with E-state index in [-0.39, 0.29) is 17.6 Å². The van der Waals surface area contributed by atoms with Crippen LogP contribution in [0.1, 0.15) is 43.0 Å². The Morgan fingerprint density at radius 2 is 2.09 bits per heavy atom. The topological polar surface area (TPSA) is 82.5 Å². The van der Waals surface area contributed by atoms with Gasteiger partial charge in [-0.25, -0.2) is 4.98 Å². The summed E-state index contributed by atoms with van der Waals surface area (Å²) in [7, 11) is 1.61. The standard InChI is InChI=1S/C25H29N3O4S2/c1-15(22(29)26-16-9-11-17(31-2)12-10-16)33-25-27-23-21(19-7-3-4-8-20(19)34-23)24(30)28(25)14-18-6-5-13-32-18/h9-12,15,18H,3-8,13-14H2,1-2H3,(H,26,29). The number of nitrogens with one attached hydrogen (secondary N) is 1. The third-order valence-corrected chi connectivity index (χ3v) is 8.73. The van der Waals surface area contributed by atoms with Gasteiger partial charge in [-0.3, -0.25) is 14.2 Å². The molecule has 3 aromatic rings. The quantitative estimate of drug-likeness (QED) is 0.377. The number of benzene rings is 1. The lowest BCUT2D eigenvalue weighted by Gasteiger charge is -2.18. The number of hydrogen-bond donors (Lipinski definition) is 1. The average Bonchev–Trinajstić information content (AvgIpc) is 3.49. The minimum Gasteiger partial charge on any atom is -0.497 e. The molecule has 1 N–H and O–H groups in total. The summed E-state index contributed by atoms with van der Waals surface area (Å²) >= 11 is 2.97. The van der Waals surface area contributed by atoms with E-state index in [4.69, 9.17) is 14.5 Å². The molecule has 2 aromatic heterocycles. The molecule has 1 aromatic carbocycles. The van der Waals surface area contributed by atoms with Gasteiger partial charge in [0, 0.05) is 17.2 Å². The zero-order valence-electron chi connectivity index (χ0n) is 19.5. The molecule has 1 aliphatic heterocycles. The van der Waals surface area contributed by atoms with Crippen molar-refractivity contribution in [3.05, 3.63) is 45.1 Å². The van der Waals surface area contributed by atoms with Crippen molar-refractivity contribution in [2.45, 2.75) is 68.5 Å². The first-order chi connectivity index (χ1) is 16.5. The Labute approximate surface area is 206 Å². The van der Waals surface area contributed by atoms with E-state index in [1.54, 1.807) is 35.1 Å². The molecule has 2 aliphatic rings. The number of amides is 1. The zero-order chi connectivity index (χ0) is 23.7. The molecule has 0 bridgehead atoms. The molecule has 0 radical (unpaired) electrons. The molecule has 0 spiro atoms. The van der Waals surface area contributed by atoms with E-state index in [1.165, 1.54) is 22.2 Å². The highest BCUT2D eigenvalue weighted by molar-refractivity contribution is 8.00. The summed E-state index contributed by atoms with van der Waals surface area (Å²) in [6.07, 6.45) is 6.19. The van der Waals surface area contributed by atoms with Crippen LogP contribution in [0.4, 0.5) is 5.69 Å². The van der Waals surface area contributed by atoms with E-state index >= 15 is 0 Å². The predicted molar refractivity (Wildman–Crippen MR) is 136 cm³/mol. The second-order valence-corrected chi connectivity index (χ2v) is 11.2. The smallest absolute Gasteiger partial charge is 0.263 e. The van der Waals surface area contributed by atoms with Gasteiger partial charge >= 0.3 is 0 Å². The first kappa shape index (κ1) is 23.4. The number of thiophene rings is 1. The van der Waals surface area contributed by atoms with Crippen LogP contribution in [0.3, 0.4) is 0 Å². The molecular weight excluding hydrogens is 470 g/mol. The van der Waals surface area contributed by atoms with E-state index in [0.717, 1.165) is 61.1 Å². The SMILES string of the molecule is COc1ccc(NC(=O)C(C)Sc2nc3sc4c(c3c(=O)n2CC2CCCO2)CCCC4)cc1. The first-order valence-electron chi connectivity index (χ1n) is 11.8. The average molecular weight is 500 g/mol. The molecular formula is C25H29N3O4S2. The Hall–Kier alpha value is -2.36. The van der Waals surface area contributed by atoms with Crippen molar-refractivity contribution in [2.75, 3.05) is 19.0 Å². The third-order valence-electron chi connectivity index (χ3n) is 6.46. The minimum absolute atomic E-state index is 0.00478. The molecule has 1 fully saturated rings. The van der Waals surface area contributed by atoms with Crippen molar-refractivity contribution >= 4 is 44.9 Å². The Morgan fingerprint density at radius 1 is 1.29 bits per heavy atom. The summed E-state index contributed by atoms with van der Waals surface area (Å²) in [5, 5.41) is 3.87. The van der Waals surface area contributed by atoms with Gasteiger partial charge in [0.2, 0.25) is 5.91 Å². The van der Waals surface area contributed by atoms with E-state index in [2.05, 4.69) is 5.32 Å². The fourth-order valence-corrected chi connectivity index (χ4v) is 6.81. The molecule has 5 rings (SSSR count). The molecule has 2 atom stereocenters. The number of anilines is 1. The van der Waals surface area contributed by atoms with Crippen molar-refractivity contribution in [3.8, 4) is 5.75 Å². The molecule has 0 saturated carbocycles. The van der Waals surface area contributed by atoms with Crippen molar-refractivity contribution in [2.24, 2.45) is 0 Å². The fraction of sp³-hybridized carbons (Fsp3) is 0.480. The maximum atomic E-state index is 13.7. The van der Waals surface area contributed by atoms with Crippen LogP contribution >= 0.6 is 23.1 Å². The minimum atomic E-state index is -0.434. The highest BCUT2D eigenvalue weighted by Crippen LogP contribution is 2.35. The van der Waals surface area contributed by atoms with Crippen molar-refractivity contribution in [1.29, 1.82) is 0 Å². The van der Waals surface area contributed by atoms with Crippen LogP contribution in [0.5, 0.6) is 5.75 Å². The van der Waals surface area contributed by atoms with Crippen LogP contribution in [0.2, 0.25) is 0 Å². The fourth-order valence-electron chi connectivity index (χ4n) is 4.59. The molecule has 9 heteroatoms. The van der Waals surface area contributed by atoms with Gasteiger partial charge < -0.3 is 14.8 Å². The van der Waals surface area contributed by atoms with Crippen molar-refractivity contribution in [3.63, 3.8) is 0 Å². The number of fused-ring (bicyclic) bond motifs is 3. The van der Waals surface area contributed by atoms with Gasteiger partial charge in [0.05, 0.1) is 30.4 Å². The summed E-state index contributed by atoms with van der Waals surface area (Å²) in [6, 6.07) is 7.23. The molecule has 34 heavy (non-hydrogen) atoms. The van der Waals surface area contributed by atoms with E-state index in [9.17, 15) is 9.59 Å². The summed E-state index contributed by atoms with van der Waals surface area (Å²) in [5.74, 6) is 0.591. The monoisotopic (exact) mass is 499 g/mol. The number of thioether (sulfide) groups is 1. The molecule has 180 valence electrons. The summed E-state index contributed by atoms with van der Waals surface area (Å²) in [6.45, 7) is 3.05. The number of ether oxygens (including phenoxy) is 2. The van der Waals surface area contributed by atoms with Gasteiger partial charge in [-0.15, -0.1) is 11.3 Å². The van der Waals surface area contributed by atoms with Crippen LogP contribution in [-0.2, 0) is 28.9 Å². The summed E-state index contributed by atoms with van der Waals surface area (Å²) in [4.78, 5) is 33.7. The van der Waals surface area contributed by atoms with Crippen molar-refractivity contribution < 1.29 is 14.3 Å². The third kappa shape index (κ3) is 4.74. The van der Waals surface area contributed by atoms with Crippen LogP contribution < -0.4 is 15.6 Å².